The van der Waals surface area contributed by atoms with Gasteiger partial charge in [0.1, 0.15) is 0 Å². The molecule has 2 N–H and O–H groups in total. The van der Waals surface area contributed by atoms with Crippen LogP contribution >= 0.6 is 0 Å². The Balaban J connectivity index is 1.46. The Labute approximate surface area is 154 Å². The predicted octanol–water partition coefficient (Wildman–Crippen LogP) is 0.424. The molecule has 2 fully saturated rings. The number of likely N-dealkylation sites (tertiary alicyclic amines) is 2. The van der Waals surface area contributed by atoms with Gasteiger partial charge in [0.2, 0.25) is 0 Å². The molecular weight excluding hydrogens is 355 g/mol. The maximum Gasteiger partial charge on any atom is 0.258 e. The lowest BCUT2D eigenvalue weighted by atomic mass is 10.1. The van der Waals surface area contributed by atoms with Gasteiger partial charge < -0.3 is 24.6 Å². The van der Waals surface area contributed by atoms with Gasteiger partial charge in [0.25, 0.3) is 11.8 Å². The van der Waals surface area contributed by atoms with Crippen LogP contribution in [0.5, 0.6) is 5.75 Å². The highest BCUT2D eigenvalue weighted by Crippen LogP contribution is 2.34. The number of halogens is 1. The largest absolute Gasteiger partial charge is 0.505 e. The van der Waals surface area contributed by atoms with Crippen molar-refractivity contribution in [2.75, 3.05) is 13.1 Å². The first kappa shape index (κ1) is 17.5. The zero-order valence-electron chi connectivity index (χ0n) is 14.6. The summed E-state index contributed by atoms with van der Waals surface area (Å²) in [6.07, 6.45) is 2.30. The van der Waals surface area contributed by atoms with E-state index >= 15 is 0 Å². The molecule has 3 heterocycles. The topological polar surface area (TPSA) is 98.9 Å². The third-order valence-electron chi connectivity index (χ3n) is 5.35. The average molecular weight is 374 g/mol. The van der Waals surface area contributed by atoms with Crippen LogP contribution in [0.25, 0.3) is 0 Å². The van der Waals surface area contributed by atoms with Crippen LogP contribution < -0.4 is 0 Å². The van der Waals surface area contributed by atoms with Crippen LogP contribution in [0.2, 0.25) is 0 Å². The van der Waals surface area contributed by atoms with E-state index in [0.29, 0.717) is 25.2 Å². The number of aromatic hydroxyl groups is 1. The Morgan fingerprint density at radius 3 is 2.56 bits per heavy atom. The van der Waals surface area contributed by atoms with Crippen molar-refractivity contribution in [3.8, 4) is 5.75 Å². The van der Waals surface area contributed by atoms with Crippen molar-refractivity contribution in [3.63, 3.8) is 0 Å². The van der Waals surface area contributed by atoms with Gasteiger partial charge in [-0.15, -0.1) is 0 Å². The molecule has 0 saturated carbocycles. The Morgan fingerprint density at radius 2 is 1.96 bits per heavy atom. The van der Waals surface area contributed by atoms with Gasteiger partial charge >= 0.3 is 0 Å². The summed E-state index contributed by atoms with van der Waals surface area (Å²) in [7, 11) is 1.70. The molecule has 1 aromatic carbocycles. The summed E-state index contributed by atoms with van der Waals surface area (Å²) in [5, 5.41) is 19.8. The number of carbonyl (C=O) groups is 2. The van der Waals surface area contributed by atoms with Crippen molar-refractivity contribution in [2.24, 2.45) is 7.05 Å². The second-order valence-electron chi connectivity index (χ2n) is 6.99. The minimum absolute atomic E-state index is 0.169. The molecule has 2 aromatic rings. The lowest BCUT2D eigenvalue weighted by Crippen LogP contribution is -2.51. The minimum atomic E-state index is -1.30. The van der Waals surface area contributed by atoms with Gasteiger partial charge in [-0.1, -0.05) is 0 Å². The van der Waals surface area contributed by atoms with Crippen LogP contribution in [0, 0.1) is 5.82 Å². The fourth-order valence-corrected chi connectivity index (χ4v) is 3.91. The number of hydrogen-bond donors (Lipinski definition) is 2. The summed E-state index contributed by atoms with van der Waals surface area (Å²) in [6.45, 7) is 0.669. The molecule has 2 amide bonds. The number of phenols is 1. The molecule has 4 rings (SSSR count). The van der Waals surface area contributed by atoms with Gasteiger partial charge in [0, 0.05) is 25.7 Å². The Hall–Kier alpha value is -2.94. The van der Waals surface area contributed by atoms with Gasteiger partial charge in [-0.25, -0.2) is 9.37 Å². The smallest absolute Gasteiger partial charge is 0.258 e. The number of amides is 2. The van der Waals surface area contributed by atoms with Gasteiger partial charge in [-0.3, -0.25) is 9.59 Å². The zero-order chi connectivity index (χ0) is 19.3. The molecule has 2 aliphatic rings. The summed E-state index contributed by atoms with van der Waals surface area (Å²) in [4.78, 5) is 32.5. The number of carbonyl (C=O) groups excluding carboxylic acids is 2. The normalized spacial score (nSPS) is 22.3. The molecule has 1 unspecified atom stereocenters. The van der Waals surface area contributed by atoms with Crippen LogP contribution in [0.3, 0.4) is 0 Å². The molecule has 1 aromatic heterocycles. The van der Waals surface area contributed by atoms with Crippen molar-refractivity contribution in [1.82, 2.24) is 19.4 Å². The van der Waals surface area contributed by atoms with E-state index in [1.54, 1.807) is 21.4 Å². The molecule has 27 heavy (non-hydrogen) atoms. The van der Waals surface area contributed by atoms with E-state index in [0.717, 1.165) is 12.1 Å². The van der Waals surface area contributed by atoms with Crippen LogP contribution in [-0.2, 0) is 11.8 Å². The van der Waals surface area contributed by atoms with E-state index in [1.165, 1.54) is 18.6 Å². The molecule has 2 aliphatic heterocycles. The third kappa shape index (κ3) is 2.84. The van der Waals surface area contributed by atoms with Crippen molar-refractivity contribution < 1.29 is 24.2 Å². The zero-order valence-corrected chi connectivity index (χ0v) is 14.6. The van der Waals surface area contributed by atoms with Crippen LogP contribution in [0.4, 0.5) is 4.39 Å². The standard InChI is InChI=1S/C18H19FN4O4/c1-21-9-20-6-14(21)16(25)18(27)23-8-11-5-12(23)7-22(11)17(26)10-2-3-13(19)15(24)4-10/h2-4,6,9,11-12,16,24-25H,5,7-8H2,1H3/t11-,12-,16?/m0/s1. The summed E-state index contributed by atoms with van der Waals surface area (Å²) in [6, 6.07) is 3.15. The number of hydrogen-bond acceptors (Lipinski definition) is 5. The second-order valence-corrected chi connectivity index (χ2v) is 6.99. The number of phenolic OH excluding ortho intramolecular Hbond substituents is 1. The highest BCUT2D eigenvalue weighted by atomic mass is 19.1. The maximum absolute atomic E-state index is 13.2. The fraction of sp³-hybridized carbons (Fsp3) is 0.389. The molecule has 142 valence electrons. The molecule has 0 aliphatic carbocycles. The minimum Gasteiger partial charge on any atom is -0.505 e. The number of aliphatic hydroxyl groups is 1. The number of piperazine rings is 1. The van der Waals surface area contributed by atoms with Crippen molar-refractivity contribution >= 4 is 11.8 Å². The lowest BCUT2D eigenvalue weighted by molar-refractivity contribution is -0.143. The highest BCUT2D eigenvalue weighted by molar-refractivity contribution is 5.95. The number of aryl methyl sites for hydroxylation is 1. The number of fused-ring (bicyclic) bond motifs is 2. The molecule has 0 spiro atoms. The first-order valence-corrected chi connectivity index (χ1v) is 8.61. The number of rotatable bonds is 3. The Kier molecular flexibility index (Phi) is 4.11. The van der Waals surface area contributed by atoms with Gasteiger partial charge in [-0.05, 0) is 24.6 Å². The summed E-state index contributed by atoms with van der Waals surface area (Å²) < 4.78 is 14.8. The summed E-state index contributed by atoms with van der Waals surface area (Å²) >= 11 is 0. The molecular formula is C18H19FN4O4. The monoisotopic (exact) mass is 374 g/mol. The molecule has 0 radical (unpaired) electrons. The predicted molar refractivity (Wildman–Crippen MR) is 91.2 cm³/mol. The number of aromatic nitrogens is 2. The van der Waals surface area contributed by atoms with Crippen LogP contribution in [-0.4, -0.2) is 66.6 Å². The first-order valence-electron chi connectivity index (χ1n) is 8.61. The van der Waals surface area contributed by atoms with Gasteiger partial charge in [-0.2, -0.15) is 0 Å². The molecule has 2 bridgehead atoms. The van der Waals surface area contributed by atoms with Crippen molar-refractivity contribution in [2.45, 2.75) is 24.6 Å². The number of nitrogens with zero attached hydrogens (tertiary/aromatic N) is 4. The Bertz CT molecular complexity index is 915. The van der Waals surface area contributed by atoms with Crippen molar-refractivity contribution in [1.29, 1.82) is 0 Å². The maximum atomic E-state index is 13.2. The Morgan fingerprint density at radius 1 is 1.26 bits per heavy atom. The quantitative estimate of drug-likeness (QED) is 0.812. The van der Waals surface area contributed by atoms with Crippen LogP contribution in [0.15, 0.2) is 30.7 Å². The third-order valence-corrected chi connectivity index (χ3v) is 5.35. The molecule has 8 nitrogen and oxygen atoms in total. The molecule has 2 saturated heterocycles. The molecule has 9 heteroatoms. The van der Waals surface area contributed by atoms with E-state index in [2.05, 4.69) is 4.98 Å². The van der Waals surface area contributed by atoms with E-state index in [1.807, 2.05) is 0 Å². The van der Waals surface area contributed by atoms with E-state index in [9.17, 15) is 24.2 Å². The van der Waals surface area contributed by atoms with E-state index < -0.39 is 23.6 Å². The number of benzene rings is 1. The second kappa shape index (κ2) is 6.34. The van der Waals surface area contributed by atoms with Crippen LogP contribution in [0.1, 0.15) is 28.6 Å². The summed E-state index contributed by atoms with van der Waals surface area (Å²) in [5.41, 5.74) is 0.617. The van der Waals surface area contributed by atoms with Gasteiger partial charge in [0.05, 0.1) is 30.3 Å². The number of imidazole rings is 1. The summed E-state index contributed by atoms with van der Waals surface area (Å²) in [5.74, 6) is -2.06. The van der Waals surface area contributed by atoms with Gasteiger partial charge in [0.15, 0.2) is 17.7 Å². The van der Waals surface area contributed by atoms with E-state index in [4.69, 9.17) is 0 Å². The highest BCUT2D eigenvalue weighted by Gasteiger charge is 2.48. The van der Waals surface area contributed by atoms with E-state index in [-0.39, 0.29) is 23.6 Å². The average Bonchev–Trinajstić information content (AvgIpc) is 3.37. The SMILES string of the molecule is Cn1cncc1C(O)C(=O)N1C[C@@H]2C[C@H]1CN2C(=O)c1ccc(F)c(O)c1. The lowest BCUT2D eigenvalue weighted by Gasteiger charge is -2.35. The fourth-order valence-electron chi connectivity index (χ4n) is 3.91. The molecule has 3 atom stereocenters. The number of aliphatic hydroxyl groups excluding tert-OH is 1. The van der Waals surface area contributed by atoms with Crippen molar-refractivity contribution in [3.05, 3.63) is 47.8 Å². The first-order chi connectivity index (χ1) is 12.9.